The molecule has 178 valence electrons. The Kier molecular flexibility index (Phi) is 14.7. The number of carbonyl (C=O) groups excluding carboxylic acids is 3. The van der Waals surface area contributed by atoms with Crippen molar-refractivity contribution in [3.05, 3.63) is 60.0 Å². The van der Waals surface area contributed by atoms with Crippen molar-refractivity contribution in [3.8, 4) is 0 Å². The van der Waals surface area contributed by atoms with E-state index in [1.165, 1.54) is 19.1 Å². The van der Waals surface area contributed by atoms with Gasteiger partial charge in [0.25, 0.3) is 0 Å². The molecule has 0 amide bonds. The van der Waals surface area contributed by atoms with E-state index in [2.05, 4.69) is 23.5 Å². The Bertz CT molecular complexity index is 938. The van der Waals surface area contributed by atoms with E-state index in [1.807, 2.05) is 13.8 Å². The first-order valence-electron chi connectivity index (χ1n) is 11.2. The van der Waals surface area contributed by atoms with Gasteiger partial charge in [0.05, 0.1) is 11.4 Å². The minimum atomic E-state index is -0.640. The van der Waals surface area contributed by atoms with Gasteiger partial charge in [0, 0.05) is 11.4 Å². The number of allylic oxidation sites excluding steroid dienone is 8. The second-order valence-electron chi connectivity index (χ2n) is 7.72. The molecule has 33 heavy (non-hydrogen) atoms. The maximum absolute atomic E-state index is 12.9. The Hall–Kier alpha value is -3.28. The zero-order valence-corrected chi connectivity index (χ0v) is 20.8. The normalized spacial score (nSPS) is 13.2. The molecule has 0 aromatic rings. The van der Waals surface area contributed by atoms with Crippen LogP contribution in [-0.2, 0) is 14.4 Å². The van der Waals surface area contributed by atoms with Gasteiger partial charge in [-0.2, -0.15) is 0 Å². The molecule has 0 aromatic carbocycles. The highest BCUT2D eigenvalue weighted by Gasteiger charge is 2.19. The molecule has 0 rings (SSSR count). The van der Waals surface area contributed by atoms with E-state index in [-0.39, 0.29) is 17.2 Å². The molecule has 0 bridgehead atoms. The molecule has 0 atom stereocenters. The Balaban J connectivity index is 6.02. The van der Waals surface area contributed by atoms with E-state index in [1.54, 1.807) is 32.1 Å². The molecular formula is C27H37N3O3. The van der Waals surface area contributed by atoms with Crippen molar-refractivity contribution in [3.63, 3.8) is 0 Å². The van der Waals surface area contributed by atoms with Crippen LogP contribution in [0, 0.1) is 5.41 Å². The van der Waals surface area contributed by atoms with Crippen LogP contribution >= 0.6 is 0 Å². The van der Waals surface area contributed by atoms with Crippen LogP contribution in [0.5, 0.6) is 0 Å². The fourth-order valence-corrected chi connectivity index (χ4v) is 2.59. The third-order valence-electron chi connectivity index (χ3n) is 4.48. The summed E-state index contributed by atoms with van der Waals surface area (Å²) in [5, 5.41) is 8.26. The second kappa shape index (κ2) is 16.4. The van der Waals surface area contributed by atoms with Gasteiger partial charge in [-0.1, -0.05) is 38.0 Å². The Morgan fingerprint density at radius 1 is 0.970 bits per heavy atom. The molecule has 0 saturated carbocycles. The molecule has 6 heteroatoms. The number of nitrogens with one attached hydrogen (secondary N) is 1. The van der Waals surface area contributed by atoms with E-state index in [9.17, 15) is 14.4 Å². The van der Waals surface area contributed by atoms with Crippen molar-refractivity contribution in [2.24, 2.45) is 9.98 Å². The van der Waals surface area contributed by atoms with Gasteiger partial charge in [-0.25, -0.2) is 4.99 Å². The van der Waals surface area contributed by atoms with Crippen LogP contribution in [0.25, 0.3) is 0 Å². The van der Waals surface area contributed by atoms with Gasteiger partial charge in [0.15, 0.2) is 11.5 Å². The lowest BCUT2D eigenvalue weighted by Gasteiger charge is -2.05. The molecule has 1 N–H and O–H groups in total. The summed E-state index contributed by atoms with van der Waals surface area (Å²) < 4.78 is 0. The summed E-state index contributed by atoms with van der Waals surface area (Å²) in [6, 6.07) is 0. The number of carbonyl (C=O) groups is 3. The Morgan fingerprint density at radius 2 is 1.64 bits per heavy atom. The molecule has 0 heterocycles. The number of rotatable bonds is 15. The fraction of sp³-hybridized carbons (Fsp3) is 0.407. The fourth-order valence-electron chi connectivity index (χ4n) is 2.59. The maximum Gasteiger partial charge on any atom is 0.208 e. The standard InChI is InChI=1S/C27H37N3O3/c1-8-11-13-14-22(21(7)31)18-26(33)27(30-20(6)10-3)25(32)17-16-23(28)24(15-12-9-2)29-19(4)5/h9-10,15-18,28H,2,8,11-14H2,1,3-7H3/b17-16+,20-10?,22-18-,24-15+,28-23?,30-27?. The largest absolute Gasteiger partial charge is 0.299 e. The van der Waals surface area contributed by atoms with Crippen LogP contribution in [0.3, 0.4) is 0 Å². The average Bonchev–Trinajstić information content (AvgIpc) is 2.76. The summed E-state index contributed by atoms with van der Waals surface area (Å²) in [6.07, 6.45) is 12.5. The van der Waals surface area contributed by atoms with Gasteiger partial charge in [0.1, 0.15) is 0 Å². The predicted octanol–water partition coefficient (Wildman–Crippen LogP) is 6.10. The summed E-state index contributed by atoms with van der Waals surface area (Å²) in [6.45, 7) is 14.2. The van der Waals surface area contributed by atoms with Gasteiger partial charge >= 0.3 is 0 Å². The number of Topliss-reactive ketones (excluding diaryl/α,β-unsaturated/α-hetero) is 1. The smallest absolute Gasteiger partial charge is 0.208 e. The molecule has 0 aliphatic heterocycles. The molecule has 0 unspecified atom stereocenters. The third-order valence-corrected chi connectivity index (χ3v) is 4.48. The molecule has 0 fully saturated rings. The zero-order valence-electron chi connectivity index (χ0n) is 20.8. The van der Waals surface area contributed by atoms with Crippen LogP contribution in [0.4, 0.5) is 0 Å². The van der Waals surface area contributed by atoms with E-state index in [4.69, 9.17) is 5.41 Å². The second-order valence-corrected chi connectivity index (χ2v) is 7.72. The number of hydrogen-bond donors (Lipinski definition) is 1. The van der Waals surface area contributed by atoms with Crippen molar-refractivity contribution in [1.82, 2.24) is 0 Å². The monoisotopic (exact) mass is 451 g/mol. The van der Waals surface area contributed by atoms with Crippen LogP contribution in [0.1, 0.15) is 73.6 Å². The van der Waals surface area contributed by atoms with Crippen molar-refractivity contribution < 1.29 is 14.4 Å². The third kappa shape index (κ3) is 12.4. The minimum Gasteiger partial charge on any atom is -0.299 e. The summed E-state index contributed by atoms with van der Waals surface area (Å²) in [5.41, 5.74) is 1.78. The van der Waals surface area contributed by atoms with Gasteiger partial charge in [0.2, 0.25) is 11.6 Å². The predicted molar refractivity (Wildman–Crippen MR) is 138 cm³/mol. The van der Waals surface area contributed by atoms with Crippen LogP contribution < -0.4 is 0 Å². The van der Waals surface area contributed by atoms with Crippen molar-refractivity contribution >= 4 is 34.5 Å². The highest BCUT2D eigenvalue weighted by Crippen LogP contribution is 2.12. The van der Waals surface area contributed by atoms with Crippen molar-refractivity contribution in [1.29, 1.82) is 5.41 Å². The zero-order chi connectivity index (χ0) is 25.4. The Labute approximate surface area is 198 Å². The van der Waals surface area contributed by atoms with Gasteiger partial charge < -0.3 is 0 Å². The summed E-state index contributed by atoms with van der Waals surface area (Å²) in [4.78, 5) is 46.2. The first-order valence-corrected chi connectivity index (χ1v) is 11.2. The molecule has 0 aliphatic rings. The first kappa shape index (κ1) is 29.7. The summed E-state index contributed by atoms with van der Waals surface area (Å²) in [5.74, 6) is -1.46. The first-order chi connectivity index (χ1) is 15.6. The highest BCUT2D eigenvalue weighted by atomic mass is 16.2. The van der Waals surface area contributed by atoms with Gasteiger partial charge in [-0.05, 0) is 77.7 Å². The minimum absolute atomic E-state index is 0.0282. The molecule has 0 aromatic heterocycles. The number of hydrogen-bond acceptors (Lipinski definition) is 6. The summed E-state index contributed by atoms with van der Waals surface area (Å²) in [7, 11) is 0. The van der Waals surface area contributed by atoms with Crippen molar-refractivity contribution in [2.45, 2.75) is 73.6 Å². The number of aliphatic imine (C=N–C) groups is 2. The van der Waals surface area contributed by atoms with Crippen LogP contribution in [-0.4, -0.2) is 34.5 Å². The van der Waals surface area contributed by atoms with Crippen molar-refractivity contribution in [2.75, 3.05) is 0 Å². The average molecular weight is 452 g/mol. The van der Waals surface area contributed by atoms with Gasteiger partial charge in [-0.3, -0.25) is 24.8 Å². The topological polar surface area (TPSA) is 99.8 Å². The molecular weight excluding hydrogens is 414 g/mol. The number of ketones is 3. The lowest BCUT2D eigenvalue weighted by Crippen LogP contribution is -2.22. The van der Waals surface area contributed by atoms with Crippen LogP contribution in [0.2, 0.25) is 0 Å². The Morgan fingerprint density at radius 3 is 2.15 bits per heavy atom. The summed E-state index contributed by atoms with van der Waals surface area (Å²) >= 11 is 0. The SMILES string of the molecule is C=CC/C=C(/N=C(C)C)C(=N)/C=C/C(=O)C(=NC(C)=CC)C(=O)/C=C(/CCCCC)C(C)=O. The lowest BCUT2D eigenvalue weighted by atomic mass is 10.0. The quantitative estimate of drug-likeness (QED) is 0.107. The molecule has 0 spiro atoms. The van der Waals surface area contributed by atoms with E-state index in [0.29, 0.717) is 29.8 Å². The van der Waals surface area contributed by atoms with E-state index in [0.717, 1.165) is 31.1 Å². The van der Waals surface area contributed by atoms with E-state index >= 15 is 0 Å². The highest BCUT2D eigenvalue weighted by molar-refractivity contribution is 6.70. The lowest BCUT2D eigenvalue weighted by molar-refractivity contribution is -0.115. The van der Waals surface area contributed by atoms with Crippen LogP contribution in [0.15, 0.2) is 70.0 Å². The van der Waals surface area contributed by atoms with E-state index < -0.39 is 11.6 Å². The molecule has 0 aliphatic carbocycles. The van der Waals surface area contributed by atoms with Gasteiger partial charge in [-0.15, -0.1) is 6.58 Å². The number of nitrogens with zero attached hydrogens (tertiary/aromatic N) is 2. The number of unbranched alkanes of at least 4 members (excludes halogenated alkanes) is 2. The molecule has 0 saturated heterocycles. The molecule has 0 radical (unpaired) electrons. The maximum atomic E-state index is 12.9. The molecule has 6 nitrogen and oxygen atoms in total.